The number of imidazole rings is 1. The first-order valence-electron chi connectivity index (χ1n) is 9.95. The monoisotopic (exact) mass is 439 g/mol. The Kier molecular flexibility index (Phi) is 4.30. The van der Waals surface area contributed by atoms with Gasteiger partial charge in [-0.2, -0.15) is 5.10 Å². The quantitative estimate of drug-likeness (QED) is 0.391. The molecule has 5 heterocycles. The molecule has 0 fully saturated rings. The zero-order valence-corrected chi connectivity index (χ0v) is 17.8. The first-order valence-corrected chi connectivity index (χ1v) is 11.1. The van der Waals surface area contributed by atoms with Crippen LogP contribution in [-0.2, 0) is 18.4 Å². The fraction of sp³-hybridized carbons (Fsp3) is 0.0435. The Labute approximate surface area is 186 Å². The molecule has 0 aliphatic heterocycles. The summed E-state index contributed by atoms with van der Waals surface area (Å²) in [5.74, 6) is 0. The lowest BCUT2D eigenvalue weighted by atomic mass is 10.1. The van der Waals surface area contributed by atoms with Gasteiger partial charge < -0.3 is 4.55 Å². The summed E-state index contributed by atoms with van der Waals surface area (Å²) >= 11 is -1.61. The van der Waals surface area contributed by atoms with Crippen LogP contribution in [0.15, 0.2) is 90.7 Å². The maximum atomic E-state index is 13.6. The van der Waals surface area contributed by atoms with Crippen LogP contribution in [-0.4, -0.2) is 37.9 Å². The van der Waals surface area contributed by atoms with Gasteiger partial charge >= 0.3 is 0 Å². The minimum atomic E-state index is -1.61. The van der Waals surface area contributed by atoms with Crippen molar-refractivity contribution in [2.75, 3.05) is 0 Å². The van der Waals surface area contributed by atoms with E-state index in [1.807, 2.05) is 72.4 Å². The molecule has 5 aromatic heterocycles. The molecule has 0 spiro atoms. The fourth-order valence-electron chi connectivity index (χ4n) is 3.72. The standard InChI is InChI=1S/C23H17N7OS/c1-28-14-19(11-26-28)18-9-21-20(24-10-18)12-27-30(21)32(31)23-13-25-22-8-7-17(15-29(22)23)16-5-3-2-4-6-16/h2-15H,1H3. The highest BCUT2D eigenvalue weighted by atomic mass is 32.2. The van der Waals surface area contributed by atoms with E-state index in [-0.39, 0.29) is 0 Å². The van der Waals surface area contributed by atoms with Crippen molar-refractivity contribution in [2.24, 2.45) is 7.05 Å². The first-order chi connectivity index (χ1) is 15.7. The third-order valence-electron chi connectivity index (χ3n) is 5.34. The summed E-state index contributed by atoms with van der Waals surface area (Å²) in [6.07, 6.45) is 10.7. The van der Waals surface area contributed by atoms with Crippen molar-refractivity contribution in [1.82, 2.24) is 33.3 Å². The Hall–Kier alpha value is -3.95. The summed E-state index contributed by atoms with van der Waals surface area (Å²) in [5.41, 5.74) is 5.98. The average molecular weight is 440 g/mol. The van der Waals surface area contributed by atoms with E-state index < -0.39 is 11.4 Å². The topological polar surface area (TPSA) is 88.9 Å². The zero-order valence-electron chi connectivity index (χ0n) is 17.0. The van der Waals surface area contributed by atoms with Crippen LogP contribution in [0, 0.1) is 0 Å². The zero-order chi connectivity index (χ0) is 21.7. The molecule has 0 bridgehead atoms. The van der Waals surface area contributed by atoms with Gasteiger partial charge in [0, 0.05) is 36.8 Å². The van der Waals surface area contributed by atoms with Gasteiger partial charge in [-0.15, -0.1) is 5.10 Å². The molecule has 0 radical (unpaired) electrons. The number of rotatable bonds is 4. The van der Waals surface area contributed by atoms with E-state index in [2.05, 4.69) is 20.2 Å². The number of hydrogen-bond donors (Lipinski definition) is 0. The van der Waals surface area contributed by atoms with Gasteiger partial charge in [0.05, 0.1) is 12.4 Å². The summed E-state index contributed by atoms with van der Waals surface area (Å²) in [6.45, 7) is 0. The van der Waals surface area contributed by atoms with E-state index in [0.717, 1.165) is 27.9 Å². The number of aryl methyl sites for hydroxylation is 1. The van der Waals surface area contributed by atoms with Gasteiger partial charge in [0.2, 0.25) is 0 Å². The normalized spacial score (nSPS) is 12.6. The van der Waals surface area contributed by atoms with Crippen molar-refractivity contribution in [3.8, 4) is 22.3 Å². The van der Waals surface area contributed by atoms with Gasteiger partial charge in [0.1, 0.15) is 22.9 Å². The van der Waals surface area contributed by atoms with E-state index in [9.17, 15) is 4.55 Å². The van der Waals surface area contributed by atoms with Crippen LogP contribution >= 0.6 is 0 Å². The number of benzene rings is 1. The van der Waals surface area contributed by atoms with Crippen molar-refractivity contribution in [3.63, 3.8) is 0 Å². The SMILES string of the molecule is Cn1cc(-c2cnc3cnn([S+]([O-])c4cnc5ccc(-c6ccccc6)cn45)c3c2)cn1. The van der Waals surface area contributed by atoms with Gasteiger partial charge in [-0.05, 0) is 29.3 Å². The summed E-state index contributed by atoms with van der Waals surface area (Å²) in [7, 11) is 1.86. The highest BCUT2D eigenvalue weighted by Crippen LogP contribution is 2.26. The molecule has 1 atom stereocenters. The highest BCUT2D eigenvalue weighted by molar-refractivity contribution is 7.90. The predicted octanol–water partition coefficient (Wildman–Crippen LogP) is 3.72. The van der Waals surface area contributed by atoms with Gasteiger partial charge in [0.15, 0.2) is 11.4 Å². The van der Waals surface area contributed by atoms with Crippen LogP contribution in [0.25, 0.3) is 38.9 Å². The van der Waals surface area contributed by atoms with E-state index in [0.29, 0.717) is 16.1 Å². The Morgan fingerprint density at radius 3 is 2.47 bits per heavy atom. The Morgan fingerprint density at radius 2 is 1.66 bits per heavy atom. The molecule has 9 heteroatoms. The van der Waals surface area contributed by atoms with E-state index >= 15 is 0 Å². The van der Waals surface area contributed by atoms with E-state index in [1.165, 1.54) is 4.09 Å². The number of aromatic nitrogens is 7. The Bertz CT molecular complexity index is 1570. The molecule has 0 aliphatic rings. The van der Waals surface area contributed by atoms with Crippen molar-refractivity contribution < 1.29 is 4.55 Å². The van der Waals surface area contributed by atoms with Gasteiger partial charge in [0.25, 0.3) is 5.03 Å². The Morgan fingerprint density at radius 1 is 0.781 bits per heavy atom. The van der Waals surface area contributed by atoms with Crippen LogP contribution in [0.4, 0.5) is 0 Å². The minimum Gasteiger partial charge on any atom is -0.585 e. The minimum absolute atomic E-state index is 0.537. The van der Waals surface area contributed by atoms with E-state index in [4.69, 9.17) is 0 Å². The fourth-order valence-corrected chi connectivity index (χ4v) is 4.82. The van der Waals surface area contributed by atoms with Crippen molar-refractivity contribution in [3.05, 3.63) is 85.7 Å². The molecular formula is C23H17N7OS. The molecule has 8 nitrogen and oxygen atoms in total. The molecule has 6 rings (SSSR count). The van der Waals surface area contributed by atoms with Crippen molar-refractivity contribution >= 4 is 28.0 Å². The third kappa shape index (κ3) is 3.06. The number of nitrogens with zero attached hydrogens (tertiary/aromatic N) is 7. The predicted molar refractivity (Wildman–Crippen MR) is 122 cm³/mol. The number of fused-ring (bicyclic) bond motifs is 2. The first kappa shape index (κ1) is 18.8. The molecular weight excluding hydrogens is 422 g/mol. The van der Waals surface area contributed by atoms with Crippen LogP contribution in [0.1, 0.15) is 0 Å². The Balaban J connectivity index is 1.45. The molecule has 0 amide bonds. The molecule has 0 saturated carbocycles. The van der Waals surface area contributed by atoms with Crippen molar-refractivity contribution in [2.45, 2.75) is 5.03 Å². The maximum absolute atomic E-state index is 13.6. The molecule has 0 N–H and O–H groups in total. The number of hydrogen-bond acceptors (Lipinski definition) is 5. The lowest BCUT2D eigenvalue weighted by molar-refractivity contribution is 0.576. The molecule has 32 heavy (non-hydrogen) atoms. The van der Waals surface area contributed by atoms with Crippen LogP contribution < -0.4 is 0 Å². The van der Waals surface area contributed by atoms with Gasteiger partial charge in [-0.1, -0.05) is 34.4 Å². The summed E-state index contributed by atoms with van der Waals surface area (Å²) < 4.78 is 18.7. The lowest BCUT2D eigenvalue weighted by Gasteiger charge is -2.10. The molecule has 156 valence electrons. The average Bonchev–Trinajstić information content (AvgIpc) is 3.56. The van der Waals surface area contributed by atoms with Crippen LogP contribution in [0.2, 0.25) is 0 Å². The van der Waals surface area contributed by atoms with Crippen molar-refractivity contribution in [1.29, 1.82) is 0 Å². The molecule has 1 aromatic carbocycles. The molecule has 6 aromatic rings. The lowest BCUT2D eigenvalue weighted by Crippen LogP contribution is -2.16. The highest BCUT2D eigenvalue weighted by Gasteiger charge is 2.24. The summed E-state index contributed by atoms with van der Waals surface area (Å²) in [4.78, 5) is 8.92. The van der Waals surface area contributed by atoms with Gasteiger partial charge in [-0.3, -0.25) is 14.1 Å². The smallest absolute Gasteiger partial charge is 0.278 e. The van der Waals surface area contributed by atoms with Crippen LogP contribution in [0.3, 0.4) is 0 Å². The molecule has 1 unspecified atom stereocenters. The summed E-state index contributed by atoms with van der Waals surface area (Å²) in [5, 5.41) is 9.13. The third-order valence-corrected chi connectivity index (χ3v) is 6.61. The van der Waals surface area contributed by atoms with Gasteiger partial charge in [-0.25, -0.2) is 4.98 Å². The maximum Gasteiger partial charge on any atom is 0.278 e. The molecule has 0 aliphatic carbocycles. The van der Waals surface area contributed by atoms with Crippen LogP contribution in [0.5, 0.6) is 0 Å². The number of pyridine rings is 2. The largest absolute Gasteiger partial charge is 0.585 e. The second-order valence-corrected chi connectivity index (χ2v) is 8.67. The molecule has 0 saturated heterocycles. The second kappa shape index (κ2) is 7.33. The second-order valence-electron chi connectivity index (χ2n) is 7.41. The summed E-state index contributed by atoms with van der Waals surface area (Å²) in [6, 6.07) is 15.9. The van der Waals surface area contributed by atoms with E-state index in [1.54, 1.807) is 29.5 Å².